The Bertz CT molecular complexity index is 1240. The van der Waals surface area contributed by atoms with Crippen molar-refractivity contribution in [3.8, 4) is 0 Å². The average molecular weight is 1080 g/mol. The fourth-order valence-electron chi connectivity index (χ4n) is 10.7. The SMILES string of the molecule is CCCCCCCCC/C=C\CCCCCCCC(=O)OCC(COC(=O)CCCCCCCCCCCCCCCCCCCCCCCC)OC(=O)CCCCCCCCCCC/C=C\CCCCCCCCCC. The van der Waals surface area contributed by atoms with Crippen LogP contribution in [-0.4, -0.2) is 37.2 Å². The summed E-state index contributed by atoms with van der Waals surface area (Å²) in [5.41, 5.74) is 0. The van der Waals surface area contributed by atoms with Gasteiger partial charge in [-0.3, -0.25) is 14.4 Å². The van der Waals surface area contributed by atoms with Gasteiger partial charge < -0.3 is 14.2 Å². The number of allylic oxidation sites excluding steroid dienone is 4. The van der Waals surface area contributed by atoms with Gasteiger partial charge in [0.1, 0.15) is 13.2 Å². The number of carbonyl (C=O) groups is 3. The molecule has 0 saturated carbocycles. The van der Waals surface area contributed by atoms with E-state index in [1.165, 1.54) is 289 Å². The highest BCUT2D eigenvalue weighted by molar-refractivity contribution is 5.71. The number of ether oxygens (including phenoxy) is 3. The first kappa shape index (κ1) is 74.9. The van der Waals surface area contributed by atoms with Crippen molar-refractivity contribution in [2.24, 2.45) is 0 Å². The summed E-state index contributed by atoms with van der Waals surface area (Å²) in [4.78, 5) is 38.4. The van der Waals surface area contributed by atoms with Gasteiger partial charge in [0, 0.05) is 19.3 Å². The van der Waals surface area contributed by atoms with Crippen LogP contribution in [0.3, 0.4) is 0 Å². The molecule has 0 saturated heterocycles. The van der Waals surface area contributed by atoms with Crippen LogP contribution >= 0.6 is 0 Å². The molecule has 0 rings (SSSR count). The number of hydrogen-bond donors (Lipinski definition) is 0. The first-order valence-corrected chi connectivity index (χ1v) is 34.8. The lowest BCUT2D eigenvalue weighted by atomic mass is 10.0. The van der Waals surface area contributed by atoms with Crippen LogP contribution in [0.15, 0.2) is 24.3 Å². The molecule has 6 heteroatoms. The summed E-state index contributed by atoms with van der Waals surface area (Å²) < 4.78 is 17.0. The summed E-state index contributed by atoms with van der Waals surface area (Å²) >= 11 is 0. The van der Waals surface area contributed by atoms with Gasteiger partial charge in [-0.05, 0) is 70.6 Å². The van der Waals surface area contributed by atoms with E-state index >= 15 is 0 Å². The Morgan fingerprint density at radius 3 is 0.649 bits per heavy atom. The molecule has 0 radical (unpaired) electrons. The van der Waals surface area contributed by atoms with Crippen molar-refractivity contribution in [3.63, 3.8) is 0 Å². The molecule has 1 atom stereocenters. The van der Waals surface area contributed by atoms with Gasteiger partial charge in [-0.2, -0.15) is 0 Å². The molecule has 0 heterocycles. The van der Waals surface area contributed by atoms with E-state index in [0.29, 0.717) is 19.3 Å². The van der Waals surface area contributed by atoms with Gasteiger partial charge in [0.2, 0.25) is 0 Å². The van der Waals surface area contributed by atoms with E-state index in [1.807, 2.05) is 0 Å². The van der Waals surface area contributed by atoms with Crippen LogP contribution in [0.4, 0.5) is 0 Å². The predicted octanol–water partition coefficient (Wildman–Crippen LogP) is 23.8. The third-order valence-electron chi connectivity index (χ3n) is 15.9. The third kappa shape index (κ3) is 64.6. The summed E-state index contributed by atoms with van der Waals surface area (Å²) in [6.45, 7) is 6.71. The van der Waals surface area contributed by atoms with Crippen molar-refractivity contribution in [1.29, 1.82) is 0 Å². The molecule has 0 amide bonds. The lowest BCUT2D eigenvalue weighted by Crippen LogP contribution is -2.30. The lowest BCUT2D eigenvalue weighted by molar-refractivity contribution is -0.167. The first-order valence-electron chi connectivity index (χ1n) is 34.8. The maximum Gasteiger partial charge on any atom is 0.306 e. The molecule has 0 bridgehead atoms. The van der Waals surface area contributed by atoms with E-state index in [0.717, 1.165) is 64.2 Å². The van der Waals surface area contributed by atoms with Gasteiger partial charge in [0.25, 0.3) is 0 Å². The monoisotopic (exact) mass is 1080 g/mol. The Morgan fingerprint density at radius 1 is 0.247 bits per heavy atom. The molecule has 0 spiro atoms. The van der Waals surface area contributed by atoms with Gasteiger partial charge in [-0.25, -0.2) is 0 Å². The number of rotatable bonds is 65. The molecule has 0 aromatic carbocycles. The highest BCUT2D eigenvalue weighted by Crippen LogP contribution is 2.18. The molecule has 0 aliphatic carbocycles. The van der Waals surface area contributed by atoms with E-state index in [1.54, 1.807) is 0 Å². The van der Waals surface area contributed by atoms with Crippen molar-refractivity contribution in [1.82, 2.24) is 0 Å². The second-order valence-electron chi connectivity index (χ2n) is 23.8. The number of unbranched alkanes of at least 4 members (excludes halogenated alkanes) is 50. The topological polar surface area (TPSA) is 78.9 Å². The lowest BCUT2D eigenvalue weighted by Gasteiger charge is -2.18. The van der Waals surface area contributed by atoms with Gasteiger partial charge in [0.15, 0.2) is 6.10 Å². The van der Waals surface area contributed by atoms with Crippen LogP contribution in [0.25, 0.3) is 0 Å². The summed E-state index contributed by atoms with van der Waals surface area (Å²) in [7, 11) is 0. The minimum Gasteiger partial charge on any atom is -0.462 e. The van der Waals surface area contributed by atoms with Crippen molar-refractivity contribution < 1.29 is 28.6 Å². The Kier molecular flexibility index (Phi) is 64.6. The van der Waals surface area contributed by atoms with E-state index in [-0.39, 0.29) is 31.1 Å². The van der Waals surface area contributed by atoms with Crippen LogP contribution in [0.5, 0.6) is 0 Å². The van der Waals surface area contributed by atoms with E-state index < -0.39 is 6.10 Å². The van der Waals surface area contributed by atoms with Crippen molar-refractivity contribution >= 4 is 17.9 Å². The molecule has 0 aliphatic heterocycles. The zero-order valence-corrected chi connectivity index (χ0v) is 52.3. The smallest absolute Gasteiger partial charge is 0.306 e. The van der Waals surface area contributed by atoms with Crippen molar-refractivity contribution in [2.45, 2.75) is 399 Å². The largest absolute Gasteiger partial charge is 0.462 e. The quantitative estimate of drug-likeness (QED) is 0.0261. The second-order valence-corrected chi connectivity index (χ2v) is 23.8. The zero-order valence-electron chi connectivity index (χ0n) is 52.3. The fraction of sp³-hybridized carbons (Fsp3) is 0.901. The minimum absolute atomic E-state index is 0.0692. The molecule has 1 unspecified atom stereocenters. The normalized spacial score (nSPS) is 12.1. The molecule has 6 nitrogen and oxygen atoms in total. The van der Waals surface area contributed by atoms with Crippen molar-refractivity contribution in [2.75, 3.05) is 13.2 Å². The standard InChI is InChI=1S/C71H134O6/c1-4-7-10-13-16-19-22-25-28-31-33-35-37-38-40-43-46-49-52-55-58-61-64-70(73)76-67-68(66-75-69(72)63-60-57-54-51-48-45-42-30-27-24-21-18-15-12-9-6-3)77-71(74)65-62-59-56-53-50-47-44-41-39-36-34-32-29-26-23-20-17-14-11-8-5-2/h30,32,34,42,68H,4-29,31,33,35-41,43-67H2,1-3H3/b34-32-,42-30-. The molecule has 454 valence electrons. The van der Waals surface area contributed by atoms with Crippen molar-refractivity contribution in [3.05, 3.63) is 24.3 Å². The average Bonchev–Trinajstić information content (AvgIpc) is 3.43. The van der Waals surface area contributed by atoms with Crippen LogP contribution < -0.4 is 0 Å². The van der Waals surface area contributed by atoms with E-state index in [9.17, 15) is 14.4 Å². The number of carbonyl (C=O) groups excluding carboxylic acids is 3. The Morgan fingerprint density at radius 2 is 0.429 bits per heavy atom. The molecule has 0 fully saturated rings. The Hall–Kier alpha value is -2.11. The van der Waals surface area contributed by atoms with E-state index in [2.05, 4.69) is 45.1 Å². The molecular weight excluding hydrogens is 949 g/mol. The highest BCUT2D eigenvalue weighted by atomic mass is 16.6. The molecule has 0 aromatic heterocycles. The summed E-state index contributed by atoms with van der Waals surface area (Å²) in [5, 5.41) is 0. The predicted molar refractivity (Wildman–Crippen MR) is 335 cm³/mol. The van der Waals surface area contributed by atoms with Gasteiger partial charge >= 0.3 is 17.9 Å². The summed E-state index contributed by atoms with van der Waals surface area (Å²) in [5.74, 6) is -0.849. The number of esters is 3. The fourth-order valence-corrected chi connectivity index (χ4v) is 10.7. The van der Waals surface area contributed by atoms with Gasteiger partial charge in [0.05, 0.1) is 0 Å². The van der Waals surface area contributed by atoms with Crippen LogP contribution in [0, 0.1) is 0 Å². The van der Waals surface area contributed by atoms with Gasteiger partial charge in [-0.15, -0.1) is 0 Å². The van der Waals surface area contributed by atoms with Crippen LogP contribution in [-0.2, 0) is 28.6 Å². The number of hydrogen-bond acceptors (Lipinski definition) is 6. The minimum atomic E-state index is -0.774. The molecular formula is C71H134O6. The first-order chi connectivity index (χ1) is 38.0. The molecule has 0 aromatic rings. The molecule has 0 aliphatic rings. The Labute approximate surface area is 481 Å². The van der Waals surface area contributed by atoms with Crippen LogP contribution in [0.2, 0.25) is 0 Å². The molecule has 77 heavy (non-hydrogen) atoms. The zero-order chi connectivity index (χ0) is 55.7. The maximum absolute atomic E-state index is 12.9. The second kappa shape index (κ2) is 66.4. The van der Waals surface area contributed by atoms with Crippen LogP contribution in [0.1, 0.15) is 393 Å². The van der Waals surface area contributed by atoms with Gasteiger partial charge in [-0.1, -0.05) is 328 Å². The Balaban J connectivity index is 4.30. The molecule has 0 N–H and O–H groups in total. The highest BCUT2D eigenvalue weighted by Gasteiger charge is 2.19. The maximum atomic E-state index is 12.9. The summed E-state index contributed by atoms with van der Waals surface area (Å²) in [6, 6.07) is 0. The third-order valence-corrected chi connectivity index (χ3v) is 15.9. The summed E-state index contributed by atoms with van der Waals surface area (Å²) in [6.07, 6.45) is 80.6. The van der Waals surface area contributed by atoms with E-state index in [4.69, 9.17) is 14.2 Å².